The predicted molar refractivity (Wildman–Crippen MR) is 105 cm³/mol. The molecule has 180 valence electrons. The Kier molecular flexibility index (Phi) is 6.93. The summed E-state index contributed by atoms with van der Waals surface area (Å²) in [5.74, 6) is -1.72. The fourth-order valence-corrected chi connectivity index (χ4v) is 4.83. The van der Waals surface area contributed by atoms with Gasteiger partial charge in [0.2, 0.25) is 15.9 Å². The number of anilines is 1. The van der Waals surface area contributed by atoms with E-state index in [0.29, 0.717) is 0 Å². The molecule has 3 rings (SSSR count). The van der Waals surface area contributed by atoms with Crippen LogP contribution in [0.3, 0.4) is 0 Å². The highest BCUT2D eigenvalue weighted by atomic mass is 32.2. The molecular weight excluding hydrogens is 478 g/mol. The fourth-order valence-electron chi connectivity index (χ4n) is 3.33. The molecule has 2 aromatic carbocycles. The van der Waals surface area contributed by atoms with Crippen molar-refractivity contribution in [2.24, 2.45) is 5.92 Å². The Balaban J connectivity index is 1.61. The molecule has 0 aromatic heterocycles. The van der Waals surface area contributed by atoms with Crippen molar-refractivity contribution in [3.63, 3.8) is 0 Å². The Labute approximate surface area is 185 Å². The third-order valence-electron chi connectivity index (χ3n) is 4.98. The van der Waals surface area contributed by atoms with Crippen LogP contribution in [0.2, 0.25) is 0 Å². The van der Waals surface area contributed by atoms with Gasteiger partial charge in [0, 0.05) is 30.8 Å². The van der Waals surface area contributed by atoms with Gasteiger partial charge in [-0.2, -0.15) is 17.5 Å². The summed E-state index contributed by atoms with van der Waals surface area (Å²) in [6, 6.07) is 7.92. The van der Waals surface area contributed by atoms with Gasteiger partial charge in [0.1, 0.15) is 5.75 Å². The minimum atomic E-state index is -4.97. The number of halogens is 6. The van der Waals surface area contributed by atoms with Crippen molar-refractivity contribution in [3.05, 3.63) is 54.1 Å². The maximum Gasteiger partial charge on any atom is 0.573 e. The van der Waals surface area contributed by atoms with E-state index in [9.17, 15) is 39.6 Å². The van der Waals surface area contributed by atoms with Crippen molar-refractivity contribution < 1.29 is 44.3 Å². The number of hydrogen-bond donors (Lipinski definition) is 1. The molecular formula is C20H18F6N2O4S. The Morgan fingerprint density at radius 1 is 0.970 bits per heavy atom. The number of sulfonamides is 1. The summed E-state index contributed by atoms with van der Waals surface area (Å²) in [7, 11) is -4.12. The van der Waals surface area contributed by atoms with Crippen LogP contribution in [0, 0.1) is 5.92 Å². The number of amides is 1. The summed E-state index contributed by atoms with van der Waals surface area (Å²) in [5, 5.41) is 2.51. The second kappa shape index (κ2) is 9.21. The molecule has 33 heavy (non-hydrogen) atoms. The highest BCUT2D eigenvalue weighted by molar-refractivity contribution is 7.89. The molecule has 1 saturated heterocycles. The Bertz CT molecular complexity index is 1090. The van der Waals surface area contributed by atoms with Crippen molar-refractivity contribution in [1.82, 2.24) is 4.31 Å². The third-order valence-corrected chi connectivity index (χ3v) is 6.88. The number of hydrogen-bond acceptors (Lipinski definition) is 4. The van der Waals surface area contributed by atoms with Crippen LogP contribution in [0.1, 0.15) is 18.4 Å². The number of rotatable bonds is 5. The highest BCUT2D eigenvalue weighted by Crippen LogP contribution is 2.31. The minimum Gasteiger partial charge on any atom is -0.406 e. The average Bonchev–Trinajstić information content (AvgIpc) is 2.72. The average molecular weight is 496 g/mol. The van der Waals surface area contributed by atoms with E-state index in [0.717, 1.165) is 52.8 Å². The van der Waals surface area contributed by atoms with E-state index in [1.807, 2.05) is 0 Å². The molecule has 6 nitrogen and oxygen atoms in total. The lowest BCUT2D eigenvalue weighted by atomic mass is 9.97. The number of carbonyl (C=O) groups excluding carboxylic acids is 1. The second-order valence-electron chi connectivity index (χ2n) is 7.27. The van der Waals surface area contributed by atoms with E-state index in [-0.39, 0.29) is 36.5 Å². The summed E-state index contributed by atoms with van der Waals surface area (Å²) in [4.78, 5) is 12.1. The largest absolute Gasteiger partial charge is 0.573 e. The number of nitrogens with zero attached hydrogens (tertiary/aromatic N) is 1. The number of alkyl halides is 6. The van der Waals surface area contributed by atoms with E-state index in [1.54, 1.807) is 0 Å². The maximum absolute atomic E-state index is 12.8. The van der Waals surface area contributed by atoms with Crippen molar-refractivity contribution >= 4 is 21.6 Å². The lowest BCUT2D eigenvalue weighted by molar-refractivity contribution is -0.274. The van der Waals surface area contributed by atoms with Crippen LogP contribution in [0.5, 0.6) is 5.75 Å². The quantitative estimate of drug-likeness (QED) is 0.612. The topological polar surface area (TPSA) is 75.7 Å². The SMILES string of the molecule is O=C(Nc1ccc(C(F)(F)F)cc1)C1CCN(S(=O)(=O)c2cccc(OC(F)(F)F)c2)CC1. The van der Waals surface area contributed by atoms with Gasteiger partial charge in [0.15, 0.2) is 0 Å². The minimum absolute atomic E-state index is 0.0578. The zero-order valence-electron chi connectivity index (χ0n) is 16.8. The van der Waals surface area contributed by atoms with Crippen LogP contribution in [-0.4, -0.2) is 38.1 Å². The number of benzene rings is 2. The van der Waals surface area contributed by atoms with Crippen molar-refractivity contribution in [2.45, 2.75) is 30.3 Å². The second-order valence-corrected chi connectivity index (χ2v) is 9.20. The zero-order valence-corrected chi connectivity index (χ0v) is 17.6. The number of carbonyl (C=O) groups is 1. The van der Waals surface area contributed by atoms with Crippen LogP contribution >= 0.6 is 0 Å². The van der Waals surface area contributed by atoms with Gasteiger partial charge in [-0.25, -0.2) is 8.42 Å². The predicted octanol–water partition coefficient (Wildman–Crippen LogP) is 4.64. The summed E-state index contributed by atoms with van der Waals surface area (Å²) >= 11 is 0. The van der Waals surface area contributed by atoms with Gasteiger partial charge in [-0.15, -0.1) is 13.2 Å². The highest BCUT2D eigenvalue weighted by Gasteiger charge is 2.34. The van der Waals surface area contributed by atoms with Gasteiger partial charge in [0.25, 0.3) is 0 Å². The summed E-state index contributed by atoms with van der Waals surface area (Å²) in [6.07, 6.45) is -9.21. The molecule has 0 unspecified atom stereocenters. The van der Waals surface area contributed by atoms with E-state index >= 15 is 0 Å². The number of ether oxygens (including phenoxy) is 1. The molecule has 1 amide bonds. The summed E-state index contributed by atoms with van der Waals surface area (Å²) in [5.41, 5.74) is -0.687. The fraction of sp³-hybridized carbons (Fsp3) is 0.350. The molecule has 1 N–H and O–H groups in total. The van der Waals surface area contributed by atoms with Crippen LogP contribution in [0.4, 0.5) is 32.0 Å². The third kappa shape index (κ3) is 6.38. The van der Waals surface area contributed by atoms with Gasteiger partial charge >= 0.3 is 12.5 Å². The van der Waals surface area contributed by atoms with Gasteiger partial charge in [0.05, 0.1) is 10.5 Å². The first-order valence-corrected chi connectivity index (χ1v) is 11.0. The maximum atomic E-state index is 12.8. The normalized spacial score (nSPS) is 16.4. The van der Waals surface area contributed by atoms with E-state index in [1.165, 1.54) is 0 Å². The van der Waals surface area contributed by atoms with Gasteiger partial charge in [-0.3, -0.25) is 4.79 Å². The first-order chi connectivity index (χ1) is 15.3. The van der Waals surface area contributed by atoms with Crippen LogP contribution < -0.4 is 10.1 Å². The molecule has 1 aliphatic heterocycles. The summed E-state index contributed by atoms with van der Waals surface area (Å²) in [6.45, 7) is -0.116. The first-order valence-electron chi connectivity index (χ1n) is 9.60. The molecule has 2 aromatic rings. The van der Waals surface area contributed by atoms with Gasteiger partial charge < -0.3 is 10.1 Å². The van der Waals surface area contributed by atoms with Gasteiger partial charge in [-0.1, -0.05) is 6.07 Å². The molecule has 0 saturated carbocycles. The van der Waals surface area contributed by atoms with Gasteiger partial charge in [-0.05, 0) is 49.2 Å². The van der Waals surface area contributed by atoms with Crippen molar-refractivity contribution in [3.8, 4) is 5.75 Å². The first kappa shape index (κ1) is 24.8. The lowest BCUT2D eigenvalue weighted by Gasteiger charge is -2.30. The molecule has 0 aliphatic carbocycles. The molecule has 0 radical (unpaired) electrons. The Morgan fingerprint density at radius 3 is 2.12 bits per heavy atom. The van der Waals surface area contributed by atoms with Crippen LogP contribution in [-0.2, 0) is 21.0 Å². The zero-order chi connectivity index (χ0) is 24.4. The summed E-state index contributed by atoms with van der Waals surface area (Å²) < 4.78 is 105. The molecule has 13 heteroatoms. The molecule has 1 heterocycles. The smallest absolute Gasteiger partial charge is 0.406 e. The van der Waals surface area contributed by atoms with E-state index in [2.05, 4.69) is 10.1 Å². The lowest BCUT2D eigenvalue weighted by Crippen LogP contribution is -2.41. The Morgan fingerprint density at radius 2 is 1.58 bits per heavy atom. The Hall–Kier alpha value is -2.80. The van der Waals surface area contributed by atoms with E-state index < -0.39 is 45.7 Å². The number of nitrogens with one attached hydrogen (secondary N) is 1. The standard InChI is InChI=1S/C20H18F6N2O4S/c21-19(22,23)14-4-6-15(7-5-14)27-18(29)13-8-10-28(11-9-13)33(30,31)17-3-1-2-16(12-17)32-20(24,25)26/h1-7,12-13H,8-11H2,(H,27,29). The van der Waals surface area contributed by atoms with Crippen LogP contribution in [0.15, 0.2) is 53.4 Å². The molecule has 0 atom stereocenters. The van der Waals surface area contributed by atoms with Crippen molar-refractivity contribution in [1.29, 1.82) is 0 Å². The van der Waals surface area contributed by atoms with Crippen molar-refractivity contribution in [2.75, 3.05) is 18.4 Å². The number of piperidine rings is 1. The molecule has 1 aliphatic rings. The van der Waals surface area contributed by atoms with E-state index in [4.69, 9.17) is 0 Å². The molecule has 0 bridgehead atoms. The molecule has 0 spiro atoms. The monoisotopic (exact) mass is 496 g/mol. The van der Waals surface area contributed by atoms with Crippen LogP contribution in [0.25, 0.3) is 0 Å². The molecule has 1 fully saturated rings.